The van der Waals surface area contributed by atoms with Crippen LogP contribution in [0.1, 0.15) is 16.9 Å². The van der Waals surface area contributed by atoms with Gasteiger partial charge in [-0.05, 0) is 46.0 Å². The largest absolute Gasteiger partial charge is 0.291 e. The molecule has 0 spiro atoms. The summed E-state index contributed by atoms with van der Waals surface area (Å²) in [6.45, 7) is 0. The Morgan fingerprint density at radius 1 is 1.21 bits per heavy atom. The lowest BCUT2D eigenvalue weighted by Crippen LogP contribution is -2.47. The van der Waals surface area contributed by atoms with Crippen molar-refractivity contribution in [2.75, 3.05) is 0 Å². The molecule has 1 saturated heterocycles. The molecule has 3 amide bonds. The summed E-state index contributed by atoms with van der Waals surface area (Å²) in [4.78, 5) is 38.0. The molecule has 5 aliphatic rings. The number of carbonyl (C=O) groups is 3. The Labute approximate surface area is 146 Å². The second kappa shape index (κ2) is 4.56. The summed E-state index contributed by atoms with van der Waals surface area (Å²) < 4.78 is 2.01. The van der Waals surface area contributed by atoms with Crippen molar-refractivity contribution in [2.24, 2.45) is 42.6 Å². The zero-order valence-corrected chi connectivity index (χ0v) is 14.4. The standard InChI is InChI=1S/C16H15BrN4O3/c1-20-5-10(17)13(18-20)14(22)19-21-15(23)11-6-2-3-7(9-4-8(6)9)12(11)16(21)24/h2-3,5-9,11-12H,4H2,1H3,(H,19,22)/t6-,7+,8+,9-,11+,12-. The summed E-state index contributed by atoms with van der Waals surface area (Å²) in [5, 5.41) is 4.98. The SMILES string of the molecule is Cn1cc(Br)c(C(=O)NN2C(=O)[C@@H]3[C@H]4C=C[C@H]([C@@H]5C[C@H]45)[C@@H]3C2=O)n1. The van der Waals surface area contributed by atoms with Crippen molar-refractivity contribution >= 4 is 33.7 Å². The van der Waals surface area contributed by atoms with E-state index >= 15 is 0 Å². The van der Waals surface area contributed by atoms with Crippen LogP contribution in [0.25, 0.3) is 0 Å². The lowest BCUT2D eigenvalue weighted by molar-refractivity contribution is -0.143. The second-order valence-electron chi connectivity index (χ2n) is 7.11. The predicted molar refractivity (Wildman–Crippen MR) is 84.9 cm³/mol. The molecule has 0 aromatic carbocycles. The number of hydrazine groups is 1. The number of aryl methyl sites for hydroxylation is 1. The van der Waals surface area contributed by atoms with Gasteiger partial charge < -0.3 is 0 Å². The normalized spacial score (nSPS) is 38.3. The van der Waals surface area contributed by atoms with Crippen molar-refractivity contribution < 1.29 is 14.4 Å². The fourth-order valence-electron chi connectivity index (χ4n) is 4.84. The molecule has 2 bridgehead atoms. The number of halogens is 1. The lowest BCUT2D eigenvalue weighted by Gasteiger charge is -2.37. The van der Waals surface area contributed by atoms with Crippen molar-refractivity contribution in [1.82, 2.24) is 20.2 Å². The summed E-state index contributed by atoms with van der Waals surface area (Å²) in [6.07, 6.45) is 6.96. The summed E-state index contributed by atoms with van der Waals surface area (Å²) >= 11 is 3.26. The van der Waals surface area contributed by atoms with Crippen LogP contribution < -0.4 is 5.43 Å². The van der Waals surface area contributed by atoms with Gasteiger partial charge in [0, 0.05) is 13.2 Å². The number of rotatable bonds is 2. The first kappa shape index (κ1) is 14.4. The van der Waals surface area contributed by atoms with Crippen molar-refractivity contribution in [1.29, 1.82) is 0 Å². The molecule has 4 aliphatic carbocycles. The topological polar surface area (TPSA) is 84.3 Å². The summed E-state index contributed by atoms with van der Waals surface area (Å²) in [5.41, 5.74) is 2.62. The minimum atomic E-state index is -0.562. The molecule has 124 valence electrons. The van der Waals surface area contributed by atoms with E-state index in [1.807, 2.05) is 0 Å². The van der Waals surface area contributed by atoms with E-state index in [9.17, 15) is 14.4 Å². The van der Waals surface area contributed by atoms with Crippen LogP contribution in [0, 0.1) is 35.5 Å². The van der Waals surface area contributed by atoms with E-state index in [2.05, 4.69) is 38.6 Å². The van der Waals surface area contributed by atoms with Gasteiger partial charge in [0.15, 0.2) is 5.69 Å². The van der Waals surface area contributed by atoms with Gasteiger partial charge in [0.25, 0.3) is 17.7 Å². The third kappa shape index (κ3) is 1.72. The maximum atomic E-state index is 12.8. The van der Waals surface area contributed by atoms with Crippen LogP contribution in [0.15, 0.2) is 22.8 Å². The third-order valence-corrected chi connectivity index (χ3v) is 6.46. The minimum Gasteiger partial charge on any atom is -0.274 e. The highest BCUT2D eigenvalue weighted by Crippen LogP contribution is 2.65. The summed E-state index contributed by atoms with van der Waals surface area (Å²) in [7, 11) is 1.69. The molecule has 3 fully saturated rings. The first-order chi connectivity index (χ1) is 11.5. The number of hydrogen-bond acceptors (Lipinski definition) is 4. The number of allylic oxidation sites excluding steroid dienone is 2. The number of amides is 3. The number of nitrogens with one attached hydrogen (secondary N) is 1. The molecule has 2 saturated carbocycles. The quantitative estimate of drug-likeness (QED) is 0.599. The van der Waals surface area contributed by atoms with E-state index < -0.39 is 5.91 Å². The van der Waals surface area contributed by atoms with Crippen LogP contribution >= 0.6 is 15.9 Å². The molecular formula is C16H15BrN4O3. The monoisotopic (exact) mass is 390 g/mol. The Hall–Kier alpha value is -1.96. The molecule has 0 radical (unpaired) electrons. The van der Waals surface area contributed by atoms with E-state index in [1.54, 1.807) is 13.2 Å². The minimum absolute atomic E-state index is 0.143. The highest BCUT2D eigenvalue weighted by atomic mass is 79.9. The molecule has 2 heterocycles. The molecule has 6 atom stereocenters. The Morgan fingerprint density at radius 2 is 1.79 bits per heavy atom. The van der Waals surface area contributed by atoms with Crippen molar-refractivity contribution in [3.8, 4) is 0 Å². The van der Waals surface area contributed by atoms with Gasteiger partial charge in [0.1, 0.15) is 0 Å². The molecule has 1 N–H and O–H groups in total. The Bertz CT molecular complexity index is 795. The zero-order valence-electron chi connectivity index (χ0n) is 12.8. The van der Waals surface area contributed by atoms with Gasteiger partial charge in [-0.3, -0.25) is 24.5 Å². The third-order valence-electron chi connectivity index (χ3n) is 5.88. The fourth-order valence-corrected chi connectivity index (χ4v) is 5.39. The molecule has 1 aromatic rings. The second-order valence-corrected chi connectivity index (χ2v) is 7.96. The van der Waals surface area contributed by atoms with E-state index in [1.165, 1.54) is 4.68 Å². The Morgan fingerprint density at radius 3 is 2.29 bits per heavy atom. The molecule has 0 unspecified atom stereocenters. The molecule has 6 rings (SSSR count). The van der Waals surface area contributed by atoms with E-state index in [0.717, 1.165) is 11.4 Å². The van der Waals surface area contributed by atoms with E-state index in [0.29, 0.717) is 16.3 Å². The van der Waals surface area contributed by atoms with Crippen molar-refractivity contribution in [3.05, 3.63) is 28.5 Å². The van der Waals surface area contributed by atoms with Gasteiger partial charge in [-0.1, -0.05) is 12.2 Å². The van der Waals surface area contributed by atoms with E-state index in [-0.39, 0.29) is 41.2 Å². The van der Waals surface area contributed by atoms with E-state index in [4.69, 9.17) is 0 Å². The zero-order chi connectivity index (χ0) is 16.7. The number of aromatic nitrogens is 2. The number of imide groups is 1. The van der Waals surface area contributed by atoms with Gasteiger partial charge in [0.2, 0.25) is 0 Å². The first-order valence-corrected chi connectivity index (χ1v) is 8.83. The number of hydrogen-bond donors (Lipinski definition) is 1. The molecule has 1 aliphatic heterocycles. The molecule has 7 nitrogen and oxygen atoms in total. The maximum Gasteiger partial charge on any atom is 0.291 e. The Balaban J connectivity index is 1.42. The lowest BCUT2D eigenvalue weighted by atomic mass is 9.63. The van der Waals surface area contributed by atoms with Crippen molar-refractivity contribution in [2.45, 2.75) is 6.42 Å². The average Bonchev–Trinajstić information content (AvgIpc) is 3.26. The molecule has 8 heteroatoms. The van der Waals surface area contributed by atoms with Gasteiger partial charge >= 0.3 is 0 Å². The number of carbonyl (C=O) groups excluding carboxylic acids is 3. The predicted octanol–water partition coefficient (Wildman–Crippen LogP) is 0.881. The molecule has 24 heavy (non-hydrogen) atoms. The van der Waals surface area contributed by atoms with Crippen LogP contribution in [0.3, 0.4) is 0 Å². The highest BCUT2D eigenvalue weighted by molar-refractivity contribution is 9.10. The van der Waals surface area contributed by atoms with Gasteiger partial charge in [-0.2, -0.15) is 10.1 Å². The summed E-state index contributed by atoms with van der Waals surface area (Å²) in [5.74, 6) is -0.391. The highest BCUT2D eigenvalue weighted by Gasteiger charge is 2.67. The summed E-state index contributed by atoms with van der Waals surface area (Å²) in [6, 6.07) is 0. The first-order valence-electron chi connectivity index (χ1n) is 8.03. The molecular weight excluding hydrogens is 376 g/mol. The van der Waals surface area contributed by atoms with Gasteiger partial charge in [-0.25, -0.2) is 0 Å². The van der Waals surface area contributed by atoms with Crippen LogP contribution in [-0.4, -0.2) is 32.5 Å². The molecule has 1 aromatic heterocycles. The van der Waals surface area contributed by atoms with Gasteiger partial charge in [-0.15, -0.1) is 0 Å². The number of nitrogens with zero attached hydrogens (tertiary/aromatic N) is 3. The smallest absolute Gasteiger partial charge is 0.274 e. The van der Waals surface area contributed by atoms with Crippen LogP contribution in [0.2, 0.25) is 0 Å². The maximum absolute atomic E-state index is 12.8. The van der Waals surface area contributed by atoms with Gasteiger partial charge in [0.05, 0.1) is 16.3 Å². The average molecular weight is 391 g/mol. The van der Waals surface area contributed by atoms with Crippen LogP contribution in [-0.2, 0) is 16.6 Å². The van der Waals surface area contributed by atoms with Crippen LogP contribution in [0.4, 0.5) is 0 Å². The van der Waals surface area contributed by atoms with Crippen molar-refractivity contribution in [3.63, 3.8) is 0 Å². The Kier molecular flexibility index (Phi) is 2.73. The van der Waals surface area contributed by atoms with Crippen LogP contribution in [0.5, 0.6) is 0 Å². The fraction of sp³-hybridized carbons (Fsp3) is 0.500.